The predicted octanol–water partition coefficient (Wildman–Crippen LogP) is 3.96. The summed E-state index contributed by atoms with van der Waals surface area (Å²) in [6.07, 6.45) is -2.57. The number of benzene rings is 1. The van der Waals surface area contributed by atoms with Gasteiger partial charge in [-0.25, -0.2) is 0 Å². The van der Waals surface area contributed by atoms with Crippen LogP contribution in [0.1, 0.15) is 19.3 Å². The zero-order valence-corrected chi connectivity index (χ0v) is 10.9. The molecule has 0 fully saturated rings. The number of hydrogen-bond acceptors (Lipinski definition) is 3. The summed E-state index contributed by atoms with van der Waals surface area (Å²) in [6, 6.07) is 7.23. The number of nitrogens with zero attached hydrogens (tertiary/aromatic N) is 1. The summed E-state index contributed by atoms with van der Waals surface area (Å²) in [7, 11) is 0. The highest BCUT2D eigenvalue weighted by molar-refractivity contribution is 5.98. The van der Waals surface area contributed by atoms with Gasteiger partial charge in [0.15, 0.2) is 0 Å². The van der Waals surface area contributed by atoms with Crippen molar-refractivity contribution in [1.82, 2.24) is 4.98 Å². The van der Waals surface area contributed by atoms with Crippen molar-refractivity contribution in [2.24, 2.45) is 0 Å². The Morgan fingerprint density at radius 3 is 2.70 bits per heavy atom. The maximum Gasteiger partial charge on any atom is 0.389 e. The highest BCUT2D eigenvalue weighted by Gasteiger charge is 2.25. The van der Waals surface area contributed by atoms with E-state index in [0.717, 1.165) is 16.6 Å². The SMILES string of the molecule is Nc1ccc(NCCCCC(F)(F)F)c2ncccc12. The van der Waals surface area contributed by atoms with E-state index in [-0.39, 0.29) is 6.42 Å². The summed E-state index contributed by atoms with van der Waals surface area (Å²) in [5, 5.41) is 3.96. The third-order valence-corrected chi connectivity index (χ3v) is 3.01. The minimum Gasteiger partial charge on any atom is -0.398 e. The fourth-order valence-corrected chi connectivity index (χ4v) is 2.01. The first kappa shape index (κ1) is 14.4. The van der Waals surface area contributed by atoms with Crippen molar-refractivity contribution in [1.29, 1.82) is 0 Å². The van der Waals surface area contributed by atoms with Crippen LogP contribution in [0.2, 0.25) is 0 Å². The smallest absolute Gasteiger partial charge is 0.389 e. The molecule has 0 aliphatic carbocycles. The van der Waals surface area contributed by atoms with Crippen molar-refractivity contribution >= 4 is 22.3 Å². The molecule has 2 rings (SSSR count). The van der Waals surface area contributed by atoms with E-state index in [2.05, 4.69) is 10.3 Å². The van der Waals surface area contributed by atoms with Gasteiger partial charge in [0.1, 0.15) is 0 Å². The number of alkyl halides is 3. The molecule has 1 aromatic heterocycles. The lowest BCUT2D eigenvalue weighted by Crippen LogP contribution is -2.09. The minimum absolute atomic E-state index is 0.122. The monoisotopic (exact) mass is 283 g/mol. The lowest BCUT2D eigenvalue weighted by atomic mass is 10.1. The van der Waals surface area contributed by atoms with Crippen molar-refractivity contribution < 1.29 is 13.2 Å². The number of unbranched alkanes of at least 4 members (excludes halogenated alkanes) is 1. The molecule has 3 nitrogen and oxygen atoms in total. The van der Waals surface area contributed by atoms with Crippen LogP contribution < -0.4 is 11.1 Å². The second-order valence-corrected chi connectivity index (χ2v) is 4.60. The second-order valence-electron chi connectivity index (χ2n) is 4.60. The van der Waals surface area contributed by atoms with Crippen LogP contribution in [-0.2, 0) is 0 Å². The number of aromatic nitrogens is 1. The van der Waals surface area contributed by atoms with E-state index in [9.17, 15) is 13.2 Å². The van der Waals surface area contributed by atoms with Crippen LogP contribution in [0.4, 0.5) is 24.5 Å². The molecule has 1 heterocycles. The van der Waals surface area contributed by atoms with Gasteiger partial charge in [0, 0.05) is 30.2 Å². The number of halogens is 3. The van der Waals surface area contributed by atoms with Crippen LogP contribution in [0.3, 0.4) is 0 Å². The Bertz CT molecular complexity index is 581. The van der Waals surface area contributed by atoms with E-state index in [1.165, 1.54) is 0 Å². The quantitative estimate of drug-likeness (QED) is 0.645. The molecule has 0 bridgehead atoms. The molecule has 0 atom stereocenters. The van der Waals surface area contributed by atoms with Crippen molar-refractivity contribution in [3.8, 4) is 0 Å². The van der Waals surface area contributed by atoms with Gasteiger partial charge in [-0.15, -0.1) is 0 Å². The van der Waals surface area contributed by atoms with Crippen LogP contribution in [0.15, 0.2) is 30.5 Å². The Kier molecular flexibility index (Phi) is 4.32. The van der Waals surface area contributed by atoms with Gasteiger partial charge in [-0.05, 0) is 37.1 Å². The maximum atomic E-state index is 12.0. The summed E-state index contributed by atoms with van der Waals surface area (Å²) in [4.78, 5) is 4.26. The van der Waals surface area contributed by atoms with Gasteiger partial charge < -0.3 is 11.1 Å². The van der Waals surface area contributed by atoms with Crippen molar-refractivity contribution in [2.45, 2.75) is 25.4 Å². The van der Waals surface area contributed by atoms with E-state index in [4.69, 9.17) is 5.73 Å². The van der Waals surface area contributed by atoms with Gasteiger partial charge in [0.05, 0.1) is 11.2 Å². The lowest BCUT2D eigenvalue weighted by Gasteiger charge is -2.11. The van der Waals surface area contributed by atoms with Gasteiger partial charge in [0.2, 0.25) is 0 Å². The zero-order chi connectivity index (χ0) is 14.6. The Labute approximate surface area is 115 Å². The van der Waals surface area contributed by atoms with Crippen molar-refractivity contribution in [3.05, 3.63) is 30.5 Å². The number of hydrogen-bond donors (Lipinski definition) is 2. The van der Waals surface area contributed by atoms with Gasteiger partial charge in [0.25, 0.3) is 0 Å². The zero-order valence-electron chi connectivity index (χ0n) is 10.9. The van der Waals surface area contributed by atoms with Crippen LogP contribution >= 0.6 is 0 Å². The van der Waals surface area contributed by atoms with E-state index >= 15 is 0 Å². The number of pyridine rings is 1. The topological polar surface area (TPSA) is 50.9 Å². The molecule has 0 unspecified atom stereocenters. The van der Waals surface area contributed by atoms with Crippen molar-refractivity contribution in [3.63, 3.8) is 0 Å². The van der Waals surface area contributed by atoms with Gasteiger partial charge >= 0.3 is 6.18 Å². The molecule has 0 radical (unpaired) electrons. The number of nitrogens with one attached hydrogen (secondary N) is 1. The van der Waals surface area contributed by atoms with Crippen LogP contribution in [-0.4, -0.2) is 17.7 Å². The molecule has 6 heteroatoms. The summed E-state index contributed by atoms with van der Waals surface area (Å²) in [6.45, 7) is 0.478. The maximum absolute atomic E-state index is 12.0. The molecule has 0 saturated carbocycles. The molecule has 20 heavy (non-hydrogen) atoms. The van der Waals surface area contributed by atoms with Crippen LogP contribution in [0.25, 0.3) is 10.9 Å². The normalized spacial score (nSPS) is 11.8. The molecule has 1 aromatic carbocycles. The average Bonchev–Trinajstić information content (AvgIpc) is 2.40. The Morgan fingerprint density at radius 2 is 1.95 bits per heavy atom. The Morgan fingerprint density at radius 1 is 1.15 bits per heavy atom. The molecular weight excluding hydrogens is 267 g/mol. The molecular formula is C14H16F3N3. The summed E-state index contributed by atoms with van der Waals surface area (Å²) in [5.74, 6) is 0. The number of nitrogen functional groups attached to an aromatic ring is 1. The third-order valence-electron chi connectivity index (χ3n) is 3.01. The highest BCUT2D eigenvalue weighted by Crippen LogP contribution is 2.26. The van der Waals surface area contributed by atoms with E-state index in [1.54, 1.807) is 24.4 Å². The second kappa shape index (κ2) is 5.98. The first-order valence-electron chi connectivity index (χ1n) is 6.41. The first-order valence-corrected chi connectivity index (χ1v) is 6.41. The van der Waals surface area contributed by atoms with Gasteiger partial charge in [-0.3, -0.25) is 4.98 Å². The standard InChI is InChI=1S/C14H16F3N3/c15-14(16,17)7-1-2-8-19-12-6-5-11(18)10-4-3-9-20-13(10)12/h3-6,9,19H,1-2,7-8,18H2. The third kappa shape index (κ3) is 3.76. The molecule has 2 aromatic rings. The number of rotatable bonds is 5. The number of fused-ring (bicyclic) bond motifs is 1. The largest absolute Gasteiger partial charge is 0.398 e. The van der Waals surface area contributed by atoms with E-state index in [1.807, 2.05) is 6.07 Å². The fraction of sp³-hybridized carbons (Fsp3) is 0.357. The first-order chi connectivity index (χ1) is 9.47. The molecule has 0 amide bonds. The van der Waals surface area contributed by atoms with Crippen LogP contribution in [0.5, 0.6) is 0 Å². The molecule has 0 aliphatic heterocycles. The Hall–Kier alpha value is -1.98. The predicted molar refractivity (Wildman–Crippen MR) is 74.6 cm³/mol. The number of nitrogens with two attached hydrogens (primary N) is 1. The Balaban J connectivity index is 1.95. The highest BCUT2D eigenvalue weighted by atomic mass is 19.4. The van der Waals surface area contributed by atoms with E-state index < -0.39 is 12.6 Å². The van der Waals surface area contributed by atoms with E-state index in [0.29, 0.717) is 18.7 Å². The lowest BCUT2D eigenvalue weighted by molar-refractivity contribution is -0.135. The van der Waals surface area contributed by atoms with Gasteiger partial charge in [-0.1, -0.05) is 0 Å². The molecule has 0 aliphatic rings. The average molecular weight is 283 g/mol. The van der Waals surface area contributed by atoms with Crippen LogP contribution in [0, 0.1) is 0 Å². The molecule has 108 valence electrons. The number of anilines is 2. The summed E-state index contributed by atoms with van der Waals surface area (Å²) < 4.78 is 36.0. The molecule has 3 N–H and O–H groups in total. The molecule has 0 spiro atoms. The summed E-state index contributed by atoms with van der Waals surface area (Å²) in [5.41, 5.74) is 8.02. The summed E-state index contributed by atoms with van der Waals surface area (Å²) >= 11 is 0. The molecule has 0 saturated heterocycles. The fourth-order valence-electron chi connectivity index (χ4n) is 2.01. The van der Waals surface area contributed by atoms with Gasteiger partial charge in [-0.2, -0.15) is 13.2 Å². The minimum atomic E-state index is -4.07. The van der Waals surface area contributed by atoms with Crippen molar-refractivity contribution in [2.75, 3.05) is 17.6 Å².